The van der Waals surface area contributed by atoms with Crippen LogP contribution in [0.3, 0.4) is 0 Å². The quantitative estimate of drug-likeness (QED) is 0.640. The van der Waals surface area contributed by atoms with Gasteiger partial charge in [-0.3, -0.25) is 5.43 Å². The minimum Gasteiger partial charge on any atom is -0.504 e. The highest BCUT2D eigenvalue weighted by Crippen LogP contribution is 2.25. The molecule has 92 valence electrons. The molecule has 0 unspecified atom stereocenters. The average Bonchev–Trinajstić information content (AvgIpc) is 2.40. The lowest BCUT2D eigenvalue weighted by Crippen LogP contribution is -1.91. The number of ether oxygens (including phenoxy) is 1. The Morgan fingerprint density at radius 1 is 1.17 bits per heavy atom. The van der Waals surface area contributed by atoms with Crippen LogP contribution in [-0.4, -0.2) is 18.4 Å². The predicted octanol–water partition coefficient (Wildman–Crippen LogP) is 2.85. The van der Waals surface area contributed by atoms with Gasteiger partial charge in [-0.15, -0.1) is 0 Å². The normalized spacial score (nSPS) is 10.5. The van der Waals surface area contributed by atoms with Crippen molar-refractivity contribution in [1.82, 2.24) is 0 Å². The van der Waals surface area contributed by atoms with Crippen molar-refractivity contribution >= 4 is 11.9 Å². The van der Waals surface area contributed by atoms with Crippen molar-refractivity contribution in [3.05, 3.63) is 54.1 Å². The van der Waals surface area contributed by atoms with E-state index in [1.165, 1.54) is 7.11 Å². The Morgan fingerprint density at radius 3 is 2.61 bits per heavy atom. The second-order valence-electron chi connectivity index (χ2n) is 3.67. The first-order chi connectivity index (χ1) is 8.79. The monoisotopic (exact) mass is 242 g/mol. The summed E-state index contributed by atoms with van der Waals surface area (Å²) >= 11 is 0. The molecule has 4 nitrogen and oxygen atoms in total. The molecule has 0 aliphatic heterocycles. The Hall–Kier alpha value is -2.49. The van der Waals surface area contributed by atoms with Crippen molar-refractivity contribution in [2.24, 2.45) is 5.10 Å². The van der Waals surface area contributed by atoms with Crippen LogP contribution < -0.4 is 10.2 Å². The fourth-order valence-corrected chi connectivity index (χ4v) is 1.48. The fraction of sp³-hybridized carbons (Fsp3) is 0.0714. The molecular formula is C14H14N2O2. The van der Waals surface area contributed by atoms with Gasteiger partial charge in [0, 0.05) is 0 Å². The Morgan fingerprint density at radius 2 is 1.94 bits per heavy atom. The molecule has 0 spiro atoms. The lowest BCUT2D eigenvalue weighted by atomic mass is 10.2. The van der Waals surface area contributed by atoms with Crippen LogP contribution >= 0.6 is 0 Å². The van der Waals surface area contributed by atoms with Crippen molar-refractivity contribution in [2.45, 2.75) is 0 Å². The molecule has 0 amide bonds. The van der Waals surface area contributed by atoms with Crippen LogP contribution in [-0.2, 0) is 0 Å². The number of nitrogens with zero attached hydrogens (tertiary/aromatic N) is 1. The number of aromatic hydroxyl groups is 1. The van der Waals surface area contributed by atoms with Gasteiger partial charge in [0.15, 0.2) is 11.5 Å². The van der Waals surface area contributed by atoms with E-state index in [0.29, 0.717) is 5.75 Å². The Bertz CT molecular complexity index is 539. The predicted molar refractivity (Wildman–Crippen MR) is 72.3 cm³/mol. The number of benzene rings is 2. The van der Waals surface area contributed by atoms with Crippen LogP contribution in [0.1, 0.15) is 5.56 Å². The summed E-state index contributed by atoms with van der Waals surface area (Å²) in [5.74, 6) is 0.546. The highest BCUT2D eigenvalue weighted by atomic mass is 16.5. The third-order valence-corrected chi connectivity index (χ3v) is 2.38. The molecule has 0 aromatic heterocycles. The molecular weight excluding hydrogens is 228 g/mol. The molecule has 4 heteroatoms. The van der Waals surface area contributed by atoms with E-state index in [4.69, 9.17) is 4.74 Å². The molecule has 0 fully saturated rings. The zero-order valence-electron chi connectivity index (χ0n) is 10.00. The van der Waals surface area contributed by atoms with Gasteiger partial charge in [-0.2, -0.15) is 5.10 Å². The van der Waals surface area contributed by atoms with Gasteiger partial charge in [0.2, 0.25) is 0 Å². The molecule has 0 atom stereocenters. The first-order valence-electron chi connectivity index (χ1n) is 5.51. The molecule has 0 aliphatic rings. The van der Waals surface area contributed by atoms with Crippen LogP contribution in [0.2, 0.25) is 0 Å². The van der Waals surface area contributed by atoms with Gasteiger partial charge in [0.1, 0.15) is 0 Å². The number of phenols is 1. The van der Waals surface area contributed by atoms with E-state index < -0.39 is 0 Å². The minimum atomic E-state index is 0.0983. The topological polar surface area (TPSA) is 53.8 Å². The third kappa shape index (κ3) is 3.01. The highest BCUT2D eigenvalue weighted by Gasteiger charge is 2.00. The van der Waals surface area contributed by atoms with E-state index >= 15 is 0 Å². The summed E-state index contributed by atoms with van der Waals surface area (Å²) in [7, 11) is 1.51. The van der Waals surface area contributed by atoms with E-state index in [-0.39, 0.29) is 5.75 Å². The first kappa shape index (κ1) is 12.0. The summed E-state index contributed by atoms with van der Waals surface area (Å²) in [4.78, 5) is 0. The summed E-state index contributed by atoms with van der Waals surface area (Å²) < 4.78 is 4.96. The second-order valence-corrected chi connectivity index (χ2v) is 3.67. The van der Waals surface area contributed by atoms with Gasteiger partial charge in [-0.05, 0) is 35.9 Å². The number of rotatable bonds is 4. The van der Waals surface area contributed by atoms with Crippen LogP contribution in [0.25, 0.3) is 0 Å². The van der Waals surface area contributed by atoms with Crippen molar-refractivity contribution < 1.29 is 9.84 Å². The Kier molecular flexibility index (Phi) is 3.81. The van der Waals surface area contributed by atoms with Crippen molar-refractivity contribution in [3.8, 4) is 11.5 Å². The van der Waals surface area contributed by atoms with E-state index in [1.54, 1.807) is 18.3 Å². The van der Waals surface area contributed by atoms with E-state index in [0.717, 1.165) is 11.3 Å². The molecule has 0 saturated heterocycles. The molecule has 0 radical (unpaired) electrons. The van der Waals surface area contributed by atoms with Gasteiger partial charge in [0.05, 0.1) is 19.0 Å². The number of hydrogen-bond donors (Lipinski definition) is 2. The average molecular weight is 242 g/mol. The lowest BCUT2D eigenvalue weighted by Gasteiger charge is -2.03. The van der Waals surface area contributed by atoms with Crippen molar-refractivity contribution in [2.75, 3.05) is 12.5 Å². The third-order valence-electron chi connectivity index (χ3n) is 2.38. The number of nitrogens with one attached hydrogen (secondary N) is 1. The van der Waals surface area contributed by atoms with Crippen LogP contribution in [0.5, 0.6) is 11.5 Å². The zero-order chi connectivity index (χ0) is 12.8. The number of hydrazone groups is 1. The van der Waals surface area contributed by atoms with E-state index in [9.17, 15) is 5.11 Å². The molecule has 18 heavy (non-hydrogen) atoms. The zero-order valence-corrected chi connectivity index (χ0v) is 10.00. The molecule has 0 aliphatic carbocycles. The highest BCUT2D eigenvalue weighted by molar-refractivity contribution is 5.81. The maximum Gasteiger partial charge on any atom is 0.160 e. The lowest BCUT2D eigenvalue weighted by molar-refractivity contribution is 0.373. The van der Waals surface area contributed by atoms with Gasteiger partial charge >= 0.3 is 0 Å². The van der Waals surface area contributed by atoms with Crippen molar-refractivity contribution in [1.29, 1.82) is 0 Å². The number of phenolic OH excluding ortho intramolecular Hbond substituents is 1. The minimum absolute atomic E-state index is 0.0983. The molecule has 0 saturated carbocycles. The number of methoxy groups -OCH3 is 1. The number of para-hydroxylation sites is 1. The fourth-order valence-electron chi connectivity index (χ4n) is 1.48. The summed E-state index contributed by atoms with van der Waals surface area (Å²) in [5.41, 5.74) is 4.60. The summed E-state index contributed by atoms with van der Waals surface area (Å²) in [6.45, 7) is 0. The Balaban J connectivity index is 2.03. The molecule has 2 aromatic carbocycles. The van der Waals surface area contributed by atoms with Crippen molar-refractivity contribution in [3.63, 3.8) is 0 Å². The first-order valence-corrected chi connectivity index (χ1v) is 5.51. The summed E-state index contributed by atoms with van der Waals surface area (Å²) in [5, 5.41) is 13.7. The smallest absolute Gasteiger partial charge is 0.160 e. The number of anilines is 1. The largest absolute Gasteiger partial charge is 0.504 e. The van der Waals surface area contributed by atoms with E-state index in [2.05, 4.69) is 10.5 Å². The molecule has 2 rings (SSSR count). The number of hydrogen-bond acceptors (Lipinski definition) is 4. The van der Waals surface area contributed by atoms with Gasteiger partial charge in [0.25, 0.3) is 0 Å². The molecule has 0 bridgehead atoms. The molecule has 2 aromatic rings. The maximum atomic E-state index is 9.60. The van der Waals surface area contributed by atoms with Gasteiger partial charge < -0.3 is 9.84 Å². The van der Waals surface area contributed by atoms with Gasteiger partial charge in [-0.25, -0.2) is 0 Å². The maximum absolute atomic E-state index is 9.60. The Labute approximate surface area is 106 Å². The van der Waals surface area contributed by atoms with Crippen LogP contribution in [0.4, 0.5) is 5.69 Å². The summed E-state index contributed by atoms with van der Waals surface area (Å²) in [6.07, 6.45) is 1.63. The summed E-state index contributed by atoms with van der Waals surface area (Å²) in [6, 6.07) is 14.7. The SMILES string of the molecule is COc1ccc(C=NNc2ccccc2)cc1O. The van der Waals surface area contributed by atoms with Crippen LogP contribution in [0.15, 0.2) is 53.6 Å². The standard InChI is InChI=1S/C14H14N2O2/c1-18-14-8-7-11(9-13(14)17)10-15-16-12-5-3-2-4-6-12/h2-10,16-17H,1H3. The van der Waals surface area contributed by atoms with Gasteiger partial charge in [-0.1, -0.05) is 18.2 Å². The molecule has 2 N–H and O–H groups in total. The molecule has 0 heterocycles. The second kappa shape index (κ2) is 5.72. The van der Waals surface area contributed by atoms with E-state index in [1.807, 2.05) is 36.4 Å². The van der Waals surface area contributed by atoms with Crippen LogP contribution in [0, 0.1) is 0 Å².